The fourth-order valence-corrected chi connectivity index (χ4v) is 17.4. The zero-order valence-corrected chi connectivity index (χ0v) is 70.1. The Morgan fingerprint density at radius 3 is 0.926 bits per heavy atom. The van der Waals surface area contributed by atoms with E-state index in [9.17, 15) is 52.7 Å². The van der Waals surface area contributed by atoms with Crippen LogP contribution in [0.2, 0.25) is 0 Å². The summed E-state index contributed by atoms with van der Waals surface area (Å²) in [6.45, 7) is 17.3. The number of aliphatic hydroxyl groups is 3. The Bertz CT molecular complexity index is 5330. The van der Waals surface area contributed by atoms with Crippen LogP contribution in [0.15, 0.2) is 88.0 Å². The van der Waals surface area contributed by atoms with Crippen molar-refractivity contribution in [3.8, 4) is 0 Å². The van der Waals surface area contributed by atoms with Gasteiger partial charge in [-0.2, -0.15) is 15.0 Å². The summed E-state index contributed by atoms with van der Waals surface area (Å²) in [5, 5.41) is 38.1. The van der Waals surface area contributed by atoms with Crippen LogP contribution in [0, 0.1) is 20.8 Å². The maximum atomic E-state index is 13.4. The Hall–Kier alpha value is -12.1. The molecule has 0 aromatic carbocycles. The maximum Gasteiger partial charge on any atom is 0.263 e. The van der Waals surface area contributed by atoms with Crippen LogP contribution in [-0.2, 0) is 24.0 Å². The van der Waals surface area contributed by atoms with E-state index in [-0.39, 0.29) is 130 Å². The smallest absolute Gasteiger partial charge is 0.263 e. The van der Waals surface area contributed by atoms with Crippen molar-refractivity contribution in [2.24, 2.45) is 0 Å². The molecule has 0 unspecified atom stereocenters. The number of ketones is 6. The molecule has 3 saturated carbocycles. The number of carbonyl (C=O) groups is 8. The molecule has 3 saturated heterocycles. The van der Waals surface area contributed by atoms with Crippen LogP contribution in [0.1, 0.15) is 202 Å². The molecule has 0 radical (unpaired) electrons. The first-order valence-corrected chi connectivity index (χ1v) is 42.3. The summed E-state index contributed by atoms with van der Waals surface area (Å²) in [7, 11) is 0. The SMILES string of the molecule is CC(=O)c1c(C)c2cnc(Nc3ccc(N4CCN(C(=O)CCC(=O)CO)CC4)cn3)nc2n(C2CCCC2)c1=O.CC(=O)c1c(C)c2cnc(Nc3ccc(N4CCN(C(=O)CCC(=O)CO)CC4)cn3)nc2n(C2CCCC2)c1=O.CC(=O)c1c(C)c2cnc(Nc3ccc(N4CCN(CCCC(=O)CO)CC4)cn3)nc2n(C2CCCC2)c1=O. The Kier molecular flexibility index (Phi) is 28.8. The van der Waals surface area contributed by atoms with E-state index in [0.29, 0.717) is 144 Å². The highest BCUT2D eigenvalue weighted by Crippen LogP contribution is 2.36. The summed E-state index contributed by atoms with van der Waals surface area (Å²) in [6, 6.07) is 11.5. The number of fused-ring (bicyclic) bond motifs is 3. The molecule has 3 aliphatic carbocycles. The van der Waals surface area contributed by atoms with Crippen LogP contribution in [0.5, 0.6) is 0 Å². The van der Waals surface area contributed by atoms with Crippen molar-refractivity contribution in [3.05, 3.63) is 138 Å². The monoisotopic (exact) mass is 1670 g/mol. The van der Waals surface area contributed by atoms with Gasteiger partial charge in [0.1, 0.15) is 54.2 Å². The quantitative estimate of drug-likeness (QED) is 0.0252. The number of nitrogens with one attached hydrogen (secondary N) is 3. The van der Waals surface area contributed by atoms with Crippen molar-refractivity contribution < 1.29 is 53.7 Å². The minimum atomic E-state index is -0.533. The van der Waals surface area contributed by atoms with E-state index >= 15 is 0 Å². The highest BCUT2D eigenvalue weighted by atomic mass is 16.3. The van der Waals surface area contributed by atoms with Crippen molar-refractivity contribution in [1.29, 1.82) is 0 Å². The Balaban J connectivity index is 0.000000158. The lowest BCUT2D eigenvalue weighted by Gasteiger charge is -2.36. The highest BCUT2D eigenvalue weighted by molar-refractivity contribution is 6.01. The van der Waals surface area contributed by atoms with Crippen molar-refractivity contribution >= 4 is 132 Å². The number of piperazine rings is 3. The molecule has 0 atom stereocenters. The molecular formula is C87H107N21O14. The second kappa shape index (κ2) is 40.1. The second-order valence-corrected chi connectivity index (χ2v) is 32.1. The molecule has 9 aromatic rings. The molecule has 3 aliphatic heterocycles. The van der Waals surface area contributed by atoms with Crippen LogP contribution in [0.4, 0.5) is 52.4 Å². The maximum absolute atomic E-state index is 13.4. The molecule has 644 valence electrons. The molecule has 35 nitrogen and oxygen atoms in total. The molecule has 122 heavy (non-hydrogen) atoms. The average Bonchev–Trinajstić information content (AvgIpc) is 1.07. The number of nitrogens with zero attached hydrogens (tertiary/aromatic N) is 18. The van der Waals surface area contributed by atoms with E-state index in [1.165, 1.54) is 20.8 Å². The predicted molar refractivity (Wildman–Crippen MR) is 461 cm³/mol. The lowest BCUT2D eigenvalue weighted by molar-refractivity contribution is -0.134. The molecule has 2 amide bonds. The zero-order chi connectivity index (χ0) is 86.4. The third-order valence-corrected chi connectivity index (χ3v) is 24.1. The first-order chi connectivity index (χ1) is 58.9. The molecule has 35 heteroatoms. The number of carbonyl (C=O) groups excluding carboxylic acids is 8. The average molecular weight is 1670 g/mol. The summed E-state index contributed by atoms with van der Waals surface area (Å²) in [5.74, 6) is 0.996. The Labute approximate surface area is 704 Å². The number of pyridine rings is 6. The van der Waals surface area contributed by atoms with Gasteiger partial charge in [-0.3, -0.25) is 71.3 Å². The third-order valence-electron chi connectivity index (χ3n) is 24.1. The molecular weight excluding hydrogens is 1560 g/mol. The molecule has 15 rings (SSSR count). The molecule has 0 spiro atoms. The van der Waals surface area contributed by atoms with E-state index in [1.807, 2.05) is 42.6 Å². The van der Waals surface area contributed by atoms with Crippen LogP contribution in [-0.4, -0.2) is 240 Å². The van der Waals surface area contributed by atoms with Gasteiger partial charge in [0.25, 0.3) is 16.7 Å². The van der Waals surface area contributed by atoms with Gasteiger partial charge in [0.15, 0.2) is 34.7 Å². The van der Waals surface area contributed by atoms with Gasteiger partial charge in [-0.15, -0.1) is 0 Å². The minimum Gasteiger partial charge on any atom is -0.389 e. The minimum absolute atomic E-state index is 0.00245. The largest absolute Gasteiger partial charge is 0.389 e. The number of anilines is 9. The summed E-state index contributed by atoms with van der Waals surface area (Å²) in [4.78, 5) is 189. The van der Waals surface area contributed by atoms with Crippen molar-refractivity contribution in [2.75, 3.05) is 136 Å². The lowest BCUT2D eigenvalue weighted by atomic mass is 10.0. The molecule has 0 bridgehead atoms. The van der Waals surface area contributed by atoms with E-state index in [1.54, 1.807) is 75.3 Å². The first-order valence-electron chi connectivity index (χ1n) is 42.3. The number of hydrogen-bond donors (Lipinski definition) is 6. The number of aromatic nitrogens is 12. The van der Waals surface area contributed by atoms with Gasteiger partial charge < -0.3 is 55.8 Å². The summed E-state index contributed by atoms with van der Waals surface area (Å²) >= 11 is 0. The van der Waals surface area contributed by atoms with E-state index in [2.05, 4.69) is 65.5 Å². The van der Waals surface area contributed by atoms with E-state index in [4.69, 9.17) is 30.3 Å². The standard InChI is InChI=1S/2C29H35N7O5.C29H37N7O4/c2*1-18-23-16-31-29(33-27(23)36(20-5-3-4-6-20)28(41)26(18)19(2)38)32-24-9-7-21(15-30-24)34-11-13-35(14-12-34)25(40)10-8-22(39)17-37;1-19-24-17-31-29(33-27(24)36(21-6-3-4-7-21)28(40)26(19)20(2)38)32-25-10-9-22(16-30-25)35-14-12-34(13-15-35)11-5-8-23(39)18-37/h2*7,9,15-16,20,37H,3-6,8,10-14,17H2,1-2H3,(H,30,31,32,33);9-10,16-17,21,37H,3-8,11-15,18H2,1-2H3,(H,30,31,32,33). The summed E-state index contributed by atoms with van der Waals surface area (Å²) in [6.07, 6.45) is 23.4. The number of aliphatic hydroxyl groups excluding tert-OH is 3. The van der Waals surface area contributed by atoms with E-state index in [0.717, 1.165) is 133 Å². The van der Waals surface area contributed by atoms with Crippen molar-refractivity contribution in [2.45, 2.75) is 175 Å². The molecule has 9 aromatic heterocycles. The fraction of sp³-hybridized carbons (Fsp3) is 0.494. The molecule has 12 heterocycles. The van der Waals surface area contributed by atoms with Gasteiger partial charge >= 0.3 is 0 Å². The Morgan fingerprint density at radius 1 is 0.369 bits per heavy atom. The number of aryl methyl sites for hydroxylation is 3. The van der Waals surface area contributed by atoms with E-state index < -0.39 is 13.2 Å². The fourth-order valence-electron chi connectivity index (χ4n) is 17.4. The van der Waals surface area contributed by atoms with Gasteiger partial charge in [-0.05, 0) is 146 Å². The van der Waals surface area contributed by atoms with Gasteiger partial charge in [-0.1, -0.05) is 38.5 Å². The zero-order valence-electron chi connectivity index (χ0n) is 70.1. The molecule has 6 fully saturated rings. The Morgan fingerprint density at radius 2 is 0.656 bits per heavy atom. The third kappa shape index (κ3) is 20.4. The van der Waals surface area contributed by atoms with Crippen LogP contribution in [0.25, 0.3) is 33.1 Å². The lowest BCUT2D eigenvalue weighted by Crippen LogP contribution is -2.48. The molecule has 6 N–H and O–H groups in total. The highest BCUT2D eigenvalue weighted by Gasteiger charge is 2.32. The van der Waals surface area contributed by atoms with Crippen LogP contribution < -0.4 is 47.3 Å². The van der Waals surface area contributed by atoms with Crippen LogP contribution in [0.3, 0.4) is 0 Å². The normalized spacial score (nSPS) is 16.1. The number of amides is 2. The number of rotatable bonds is 28. The van der Waals surface area contributed by atoms with Crippen molar-refractivity contribution in [1.82, 2.24) is 73.3 Å². The van der Waals surface area contributed by atoms with Gasteiger partial charge in [0, 0.05) is 164 Å². The van der Waals surface area contributed by atoms with Crippen molar-refractivity contribution in [3.63, 3.8) is 0 Å². The second-order valence-electron chi connectivity index (χ2n) is 32.1. The van der Waals surface area contributed by atoms with Gasteiger partial charge in [-0.25, -0.2) is 29.9 Å². The predicted octanol–water partition coefficient (Wildman–Crippen LogP) is 8.11. The number of Topliss-reactive ketones (excluding diaryl/α,β-unsaturated/α-hetero) is 6. The summed E-state index contributed by atoms with van der Waals surface area (Å²) in [5.41, 5.74) is 6.05. The van der Waals surface area contributed by atoms with Gasteiger partial charge in [0.2, 0.25) is 29.7 Å². The van der Waals surface area contributed by atoms with Crippen LogP contribution >= 0.6 is 0 Å². The number of hydrogen-bond acceptors (Lipinski definition) is 30. The first kappa shape index (κ1) is 87.7. The molecule has 6 aliphatic rings. The summed E-state index contributed by atoms with van der Waals surface area (Å²) < 4.78 is 5.08. The van der Waals surface area contributed by atoms with Gasteiger partial charge in [0.05, 0.1) is 52.3 Å². The topological polar surface area (TPSA) is 435 Å².